The molecule has 27 heavy (non-hydrogen) atoms. The molecule has 0 fully saturated rings. The summed E-state index contributed by atoms with van der Waals surface area (Å²) in [5.74, 6) is 0.141. The van der Waals surface area contributed by atoms with E-state index in [1.807, 2.05) is 20.8 Å². The molecule has 0 amide bonds. The normalized spacial score (nSPS) is 11.5. The van der Waals surface area contributed by atoms with E-state index in [1.165, 1.54) is 15.9 Å². The Morgan fingerprint density at radius 3 is 2.52 bits per heavy atom. The van der Waals surface area contributed by atoms with Gasteiger partial charge in [-0.25, -0.2) is 4.98 Å². The molecule has 0 N–H and O–H groups in total. The smallest absolute Gasteiger partial charge is 0.326 e. The number of nitrogens with zero attached hydrogens (tertiary/aromatic N) is 3. The van der Waals surface area contributed by atoms with Crippen LogP contribution in [-0.2, 0) is 27.4 Å². The van der Waals surface area contributed by atoms with E-state index in [0.29, 0.717) is 31.0 Å². The molecule has 150 valence electrons. The van der Waals surface area contributed by atoms with Crippen LogP contribution in [0, 0.1) is 13.8 Å². The molecule has 2 aromatic rings. The van der Waals surface area contributed by atoms with Gasteiger partial charge < -0.3 is 9.47 Å². The highest BCUT2D eigenvalue weighted by atomic mass is 32.1. The minimum Gasteiger partial charge on any atom is -0.462 e. The standard InChI is InChI=1S/C19H29N3O4S/c1-6-21(7-2)11-15-20-18-17(13(4)14(5)27-18)19(24)22(15)12-16(23)26-10-9-25-8-3/h6-12H2,1-5H3. The monoisotopic (exact) mass is 395 g/mol. The summed E-state index contributed by atoms with van der Waals surface area (Å²) >= 11 is 1.52. The van der Waals surface area contributed by atoms with Crippen molar-refractivity contribution in [3.05, 3.63) is 26.6 Å². The number of aromatic nitrogens is 2. The summed E-state index contributed by atoms with van der Waals surface area (Å²) in [7, 11) is 0. The van der Waals surface area contributed by atoms with E-state index < -0.39 is 5.97 Å². The van der Waals surface area contributed by atoms with Crippen molar-refractivity contribution in [2.24, 2.45) is 0 Å². The zero-order valence-corrected chi connectivity index (χ0v) is 17.6. The lowest BCUT2D eigenvalue weighted by molar-refractivity contribution is -0.146. The largest absolute Gasteiger partial charge is 0.462 e. The number of thiophene rings is 1. The summed E-state index contributed by atoms with van der Waals surface area (Å²) in [6.45, 7) is 13.1. The summed E-state index contributed by atoms with van der Waals surface area (Å²) < 4.78 is 11.8. The molecular formula is C19H29N3O4S. The van der Waals surface area contributed by atoms with Gasteiger partial charge in [0.15, 0.2) is 0 Å². The Morgan fingerprint density at radius 2 is 1.89 bits per heavy atom. The second-order valence-electron chi connectivity index (χ2n) is 6.26. The average molecular weight is 396 g/mol. The van der Waals surface area contributed by atoms with Crippen LogP contribution >= 0.6 is 11.3 Å². The predicted molar refractivity (Wildman–Crippen MR) is 107 cm³/mol. The Balaban J connectivity index is 2.37. The van der Waals surface area contributed by atoms with Crippen molar-refractivity contribution in [1.29, 1.82) is 0 Å². The van der Waals surface area contributed by atoms with Crippen LogP contribution in [0.1, 0.15) is 37.0 Å². The van der Waals surface area contributed by atoms with E-state index in [9.17, 15) is 9.59 Å². The van der Waals surface area contributed by atoms with Crippen LogP contribution in [0.3, 0.4) is 0 Å². The molecule has 0 bridgehead atoms. The Kier molecular flexibility index (Phi) is 7.94. The predicted octanol–water partition coefficient (Wildman–Crippen LogP) is 2.50. The van der Waals surface area contributed by atoms with Crippen LogP contribution in [0.4, 0.5) is 0 Å². The Labute approximate surface area is 163 Å². The van der Waals surface area contributed by atoms with Gasteiger partial charge in [-0.15, -0.1) is 11.3 Å². The molecule has 2 heterocycles. The van der Waals surface area contributed by atoms with E-state index in [4.69, 9.17) is 14.5 Å². The molecule has 0 saturated heterocycles. The van der Waals surface area contributed by atoms with Gasteiger partial charge in [0.2, 0.25) is 0 Å². The van der Waals surface area contributed by atoms with Crippen molar-refractivity contribution in [3.63, 3.8) is 0 Å². The zero-order chi connectivity index (χ0) is 20.0. The van der Waals surface area contributed by atoms with Crippen LogP contribution in [0.15, 0.2) is 4.79 Å². The molecule has 2 aromatic heterocycles. The van der Waals surface area contributed by atoms with Crippen molar-refractivity contribution in [2.45, 2.75) is 47.7 Å². The number of hydrogen-bond acceptors (Lipinski definition) is 7. The molecule has 0 aliphatic rings. The molecule has 0 spiro atoms. The van der Waals surface area contributed by atoms with Crippen molar-refractivity contribution in [1.82, 2.24) is 14.5 Å². The first-order chi connectivity index (χ1) is 12.9. The van der Waals surface area contributed by atoms with Crippen molar-refractivity contribution >= 4 is 27.5 Å². The molecule has 0 aromatic carbocycles. The van der Waals surface area contributed by atoms with Gasteiger partial charge >= 0.3 is 5.97 Å². The molecule has 0 radical (unpaired) electrons. The highest BCUT2D eigenvalue weighted by Gasteiger charge is 2.19. The lowest BCUT2D eigenvalue weighted by Crippen LogP contribution is -2.33. The number of hydrogen-bond donors (Lipinski definition) is 0. The lowest BCUT2D eigenvalue weighted by atomic mass is 10.2. The first kappa shape index (κ1) is 21.5. The summed E-state index contributed by atoms with van der Waals surface area (Å²) in [5.41, 5.74) is 0.756. The number of rotatable bonds is 10. The van der Waals surface area contributed by atoms with Gasteiger partial charge in [0.05, 0.1) is 18.5 Å². The van der Waals surface area contributed by atoms with Gasteiger partial charge in [0.25, 0.3) is 5.56 Å². The number of carbonyl (C=O) groups excluding carboxylic acids is 1. The molecule has 0 atom stereocenters. The van der Waals surface area contributed by atoms with E-state index in [2.05, 4.69) is 18.7 Å². The topological polar surface area (TPSA) is 73.7 Å². The third-order valence-electron chi connectivity index (χ3n) is 4.61. The van der Waals surface area contributed by atoms with Crippen LogP contribution in [0.2, 0.25) is 0 Å². The maximum Gasteiger partial charge on any atom is 0.326 e. The fourth-order valence-corrected chi connectivity index (χ4v) is 3.87. The Bertz CT molecular complexity index is 840. The molecule has 8 heteroatoms. The van der Waals surface area contributed by atoms with E-state index in [1.54, 1.807) is 0 Å². The Hall–Kier alpha value is -1.77. The fraction of sp³-hybridized carbons (Fsp3) is 0.632. The third kappa shape index (κ3) is 5.15. The molecule has 0 saturated carbocycles. The number of carbonyl (C=O) groups is 1. The quantitative estimate of drug-likeness (QED) is 0.455. The summed E-state index contributed by atoms with van der Waals surface area (Å²) in [6.07, 6.45) is 0. The van der Waals surface area contributed by atoms with Crippen LogP contribution in [-0.4, -0.2) is 53.3 Å². The summed E-state index contributed by atoms with van der Waals surface area (Å²) in [4.78, 5) is 34.1. The van der Waals surface area contributed by atoms with Gasteiger partial charge in [-0.1, -0.05) is 13.8 Å². The number of esters is 1. The maximum atomic E-state index is 13.1. The number of aryl methyl sites for hydroxylation is 2. The maximum absolute atomic E-state index is 13.1. The second-order valence-corrected chi connectivity index (χ2v) is 7.46. The molecule has 7 nitrogen and oxygen atoms in total. The fourth-order valence-electron chi connectivity index (χ4n) is 2.83. The van der Waals surface area contributed by atoms with E-state index in [0.717, 1.165) is 28.4 Å². The molecule has 0 aliphatic heterocycles. The van der Waals surface area contributed by atoms with Gasteiger partial charge in [0.1, 0.15) is 23.8 Å². The SMILES string of the molecule is CCOCCOC(=O)Cn1c(CN(CC)CC)nc2sc(C)c(C)c2c1=O. The highest BCUT2D eigenvalue weighted by Crippen LogP contribution is 2.26. The number of fused-ring (bicyclic) bond motifs is 1. The zero-order valence-electron chi connectivity index (χ0n) is 16.8. The lowest BCUT2D eigenvalue weighted by Gasteiger charge is -2.20. The Morgan fingerprint density at radius 1 is 1.19 bits per heavy atom. The van der Waals surface area contributed by atoms with Crippen LogP contribution < -0.4 is 5.56 Å². The minimum absolute atomic E-state index is 0.140. The second kappa shape index (κ2) is 9.96. The van der Waals surface area contributed by atoms with Crippen LogP contribution in [0.5, 0.6) is 0 Å². The molecule has 2 rings (SSSR count). The third-order valence-corrected chi connectivity index (χ3v) is 5.71. The van der Waals surface area contributed by atoms with Crippen LogP contribution in [0.25, 0.3) is 10.2 Å². The van der Waals surface area contributed by atoms with E-state index >= 15 is 0 Å². The van der Waals surface area contributed by atoms with Crippen molar-refractivity contribution in [3.8, 4) is 0 Å². The number of ether oxygens (including phenoxy) is 2. The van der Waals surface area contributed by atoms with Gasteiger partial charge in [0, 0.05) is 11.5 Å². The van der Waals surface area contributed by atoms with Gasteiger partial charge in [-0.3, -0.25) is 19.1 Å². The first-order valence-electron chi connectivity index (χ1n) is 9.37. The average Bonchev–Trinajstić information content (AvgIpc) is 2.93. The van der Waals surface area contributed by atoms with Crippen molar-refractivity contribution in [2.75, 3.05) is 32.9 Å². The van der Waals surface area contributed by atoms with E-state index in [-0.39, 0.29) is 18.7 Å². The summed E-state index contributed by atoms with van der Waals surface area (Å²) in [5, 5.41) is 0.600. The molecule has 0 unspecified atom stereocenters. The van der Waals surface area contributed by atoms with Gasteiger partial charge in [-0.05, 0) is 39.4 Å². The first-order valence-corrected chi connectivity index (χ1v) is 10.2. The van der Waals surface area contributed by atoms with Gasteiger partial charge in [-0.2, -0.15) is 0 Å². The minimum atomic E-state index is -0.455. The molecular weight excluding hydrogens is 366 g/mol. The summed E-state index contributed by atoms with van der Waals surface area (Å²) in [6, 6.07) is 0. The highest BCUT2D eigenvalue weighted by molar-refractivity contribution is 7.18. The van der Waals surface area contributed by atoms with Crippen molar-refractivity contribution < 1.29 is 14.3 Å². The molecule has 0 aliphatic carbocycles.